The maximum Gasteiger partial charge on any atom is 0.266 e. The lowest BCUT2D eigenvalue weighted by Gasteiger charge is -2.13. The van der Waals surface area contributed by atoms with Gasteiger partial charge in [-0.1, -0.05) is 42.1 Å². The third-order valence-electron chi connectivity index (χ3n) is 4.75. The molecular formula is C23H17N3O4S. The molecular weight excluding hydrogens is 414 g/mol. The highest BCUT2D eigenvalue weighted by Gasteiger charge is 2.16. The van der Waals surface area contributed by atoms with Gasteiger partial charge in [-0.25, -0.2) is 4.98 Å². The summed E-state index contributed by atoms with van der Waals surface area (Å²) in [6.07, 6.45) is 0. The van der Waals surface area contributed by atoms with E-state index >= 15 is 0 Å². The number of aromatic nitrogens is 2. The summed E-state index contributed by atoms with van der Waals surface area (Å²) >= 11 is 1.21. The van der Waals surface area contributed by atoms with Gasteiger partial charge in [0.25, 0.3) is 5.56 Å². The van der Waals surface area contributed by atoms with Crippen molar-refractivity contribution in [2.45, 2.75) is 5.16 Å². The summed E-state index contributed by atoms with van der Waals surface area (Å²) in [7, 11) is 0. The van der Waals surface area contributed by atoms with Gasteiger partial charge in [-0.15, -0.1) is 0 Å². The lowest BCUT2D eigenvalue weighted by molar-refractivity contribution is -0.113. The number of benzene rings is 3. The van der Waals surface area contributed by atoms with Crippen molar-refractivity contribution in [2.75, 3.05) is 17.9 Å². The predicted molar refractivity (Wildman–Crippen MR) is 119 cm³/mol. The number of ether oxygens (including phenoxy) is 2. The molecule has 1 amide bonds. The average Bonchev–Trinajstić information content (AvgIpc) is 3.26. The molecule has 5 rings (SSSR count). The van der Waals surface area contributed by atoms with E-state index in [1.54, 1.807) is 34.9 Å². The summed E-state index contributed by atoms with van der Waals surface area (Å²) in [6, 6.07) is 21.7. The highest BCUT2D eigenvalue weighted by Crippen LogP contribution is 2.34. The van der Waals surface area contributed by atoms with Crippen LogP contribution in [0.2, 0.25) is 0 Å². The third-order valence-corrected chi connectivity index (χ3v) is 5.69. The van der Waals surface area contributed by atoms with E-state index in [9.17, 15) is 9.59 Å². The summed E-state index contributed by atoms with van der Waals surface area (Å²) in [4.78, 5) is 30.4. The van der Waals surface area contributed by atoms with Crippen molar-refractivity contribution in [1.82, 2.24) is 9.55 Å². The number of hydrogen-bond acceptors (Lipinski definition) is 6. The predicted octanol–water partition coefficient (Wildman–Crippen LogP) is 3.85. The van der Waals surface area contributed by atoms with E-state index in [1.165, 1.54) is 11.8 Å². The van der Waals surface area contributed by atoms with Crippen LogP contribution in [0.15, 0.2) is 82.7 Å². The van der Waals surface area contributed by atoms with E-state index < -0.39 is 0 Å². The first-order valence-electron chi connectivity index (χ1n) is 9.58. The first-order valence-corrected chi connectivity index (χ1v) is 10.6. The number of hydrogen-bond donors (Lipinski definition) is 1. The van der Waals surface area contributed by atoms with Crippen molar-refractivity contribution >= 4 is 34.3 Å². The van der Waals surface area contributed by atoms with E-state index in [1.807, 2.05) is 42.5 Å². The van der Waals surface area contributed by atoms with Crippen LogP contribution < -0.4 is 20.3 Å². The van der Waals surface area contributed by atoms with E-state index in [0.717, 1.165) is 0 Å². The van der Waals surface area contributed by atoms with E-state index in [-0.39, 0.29) is 24.0 Å². The van der Waals surface area contributed by atoms with Crippen LogP contribution in [0.4, 0.5) is 5.69 Å². The lowest BCUT2D eigenvalue weighted by atomic mass is 10.2. The molecule has 1 aliphatic heterocycles. The number of anilines is 1. The molecule has 0 fully saturated rings. The largest absolute Gasteiger partial charge is 0.454 e. The second-order valence-corrected chi connectivity index (χ2v) is 7.74. The standard InChI is InChI=1S/C23H17N3O4S/c27-21(24-15-10-11-19-20(12-15)30-14-29-19)13-31-23-25-18-9-5-4-8-17(18)22(28)26(23)16-6-2-1-3-7-16/h1-12H,13-14H2,(H,24,27). The molecule has 0 radical (unpaired) electrons. The van der Waals surface area contributed by atoms with Crippen molar-refractivity contribution in [1.29, 1.82) is 0 Å². The highest BCUT2D eigenvalue weighted by atomic mass is 32.2. The van der Waals surface area contributed by atoms with Crippen LogP contribution in [0.1, 0.15) is 0 Å². The molecule has 2 heterocycles. The summed E-state index contributed by atoms with van der Waals surface area (Å²) < 4.78 is 12.2. The number of para-hydroxylation sites is 2. The fourth-order valence-corrected chi connectivity index (χ4v) is 4.13. The van der Waals surface area contributed by atoms with Crippen LogP contribution in [0.25, 0.3) is 16.6 Å². The fraction of sp³-hybridized carbons (Fsp3) is 0.0870. The van der Waals surface area contributed by atoms with Gasteiger partial charge in [0.1, 0.15) is 0 Å². The van der Waals surface area contributed by atoms with Gasteiger partial charge >= 0.3 is 0 Å². The maximum absolute atomic E-state index is 13.2. The van der Waals surface area contributed by atoms with Crippen molar-refractivity contribution < 1.29 is 14.3 Å². The Bertz CT molecular complexity index is 1340. The Morgan fingerprint density at radius 3 is 2.65 bits per heavy atom. The number of nitrogens with zero attached hydrogens (tertiary/aromatic N) is 2. The van der Waals surface area contributed by atoms with Crippen LogP contribution in [-0.4, -0.2) is 28.0 Å². The molecule has 0 saturated carbocycles. The number of nitrogens with one attached hydrogen (secondary N) is 1. The Balaban J connectivity index is 1.42. The number of thioether (sulfide) groups is 1. The molecule has 1 N–H and O–H groups in total. The molecule has 31 heavy (non-hydrogen) atoms. The van der Waals surface area contributed by atoms with Gasteiger partial charge in [-0.3, -0.25) is 14.2 Å². The van der Waals surface area contributed by atoms with Gasteiger partial charge < -0.3 is 14.8 Å². The smallest absolute Gasteiger partial charge is 0.266 e. The SMILES string of the molecule is O=C(CSc1nc2ccccc2c(=O)n1-c1ccccc1)Nc1ccc2c(c1)OCO2. The molecule has 7 nitrogen and oxygen atoms in total. The van der Waals surface area contributed by atoms with Crippen molar-refractivity contribution in [3.63, 3.8) is 0 Å². The van der Waals surface area contributed by atoms with Gasteiger partial charge in [0, 0.05) is 11.8 Å². The molecule has 0 bridgehead atoms. The summed E-state index contributed by atoms with van der Waals surface area (Å²) in [5, 5.41) is 3.83. The minimum Gasteiger partial charge on any atom is -0.454 e. The fourth-order valence-electron chi connectivity index (χ4n) is 3.32. The molecule has 1 aliphatic rings. The minimum atomic E-state index is -0.217. The number of carbonyl (C=O) groups is 1. The topological polar surface area (TPSA) is 82.5 Å². The monoisotopic (exact) mass is 431 g/mol. The Labute approximate surface area is 181 Å². The molecule has 154 valence electrons. The van der Waals surface area contributed by atoms with Crippen LogP contribution in [-0.2, 0) is 4.79 Å². The summed E-state index contributed by atoms with van der Waals surface area (Å²) in [5.74, 6) is 1.12. The maximum atomic E-state index is 13.2. The zero-order valence-electron chi connectivity index (χ0n) is 16.3. The molecule has 0 unspecified atom stereocenters. The molecule has 0 saturated heterocycles. The van der Waals surface area contributed by atoms with Gasteiger partial charge in [0.05, 0.1) is 22.3 Å². The van der Waals surface area contributed by atoms with Crippen molar-refractivity contribution in [3.8, 4) is 17.2 Å². The number of rotatable bonds is 5. The second-order valence-electron chi connectivity index (χ2n) is 6.79. The Kier molecular flexibility index (Phi) is 5.05. The lowest BCUT2D eigenvalue weighted by Crippen LogP contribution is -2.22. The van der Waals surface area contributed by atoms with Crippen molar-refractivity contribution in [3.05, 3.63) is 83.2 Å². The van der Waals surface area contributed by atoms with Gasteiger partial charge in [-0.2, -0.15) is 0 Å². The Hall–Kier alpha value is -3.78. The zero-order valence-corrected chi connectivity index (χ0v) is 17.1. The van der Waals surface area contributed by atoms with Gasteiger partial charge in [0.15, 0.2) is 16.7 Å². The molecule has 0 aliphatic carbocycles. The van der Waals surface area contributed by atoms with E-state index in [0.29, 0.717) is 38.9 Å². The highest BCUT2D eigenvalue weighted by molar-refractivity contribution is 7.99. The van der Waals surface area contributed by atoms with Crippen molar-refractivity contribution in [2.24, 2.45) is 0 Å². The van der Waals surface area contributed by atoms with Crippen LogP contribution in [0, 0.1) is 0 Å². The molecule has 0 spiro atoms. The number of carbonyl (C=O) groups excluding carboxylic acids is 1. The quantitative estimate of drug-likeness (QED) is 0.382. The van der Waals surface area contributed by atoms with E-state index in [4.69, 9.17) is 9.47 Å². The Morgan fingerprint density at radius 2 is 1.77 bits per heavy atom. The van der Waals surface area contributed by atoms with Crippen LogP contribution >= 0.6 is 11.8 Å². The molecule has 0 atom stereocenters. The van der Waals surface area contributed by atoms with Crippen LogP contribution in [0.3, 0.4) is 0 Å². The van der Waals surface area contributed by atoms with Gasteiger partial charge in [0.2, 0.25) is 12.7 Å². The second kappa shape index (κ2) is 8.16. The first kappa shape index (κ1) is 19.2. The third kappa shape index (κ3) is 3.85. The molecule has 8 heteroatoms. The zero-order chi connectivity index (χ0) is 21.2. The normalized spacial score (nSPS) is 12.1. The molecule has 3 aromatic carbocycles. The average molecular weight is 431 g/mol. The number of amides is 1. The first-order chi connectivity index (χ1) is 15.2. The summed E-state index contributed by atoms with van der Waals surface area (Å²) in [5.41, 5.74) is 1.74. The van der Waals surface area contributed by atoms with Crippen LogP contribution in [0.5, 0.6) is 11.5 Å². The minimum absolute atomic E-state index is 0.0893. The summed E-state index contributed by atoms with van der Waals surface area (Å²) in [6.45, 7) is 0.174. The van der Waals surface area contributed by atoms with Gasteiger partial charge in [-0.05, 0) is 36.4 Å². The molecule has 4 aromatic rings. The van der Waals surface area contributed by atoms with E-state index in [2.05, 4.69) is 10.3 Å². The Morgan fingerprint density at radius 1 is 1.00 bits per heavy atom. The molecule has 1 aromatic heterocycles. The number of fused-ring (bicyclic) bond motifs is 2.